The van der Waals surface area contributed by atoms with Crippen molar-refractivity contribution in [3.63, 3.8) is 0 Å². The van der Waals surface area contributed by atoms with Gasteiger partial charge in [0.05, 0.1) is 17.9 Å². The summed E-state index contributed by atoms with van der Waals surface area (Å²) in [6.07, 6.45) is 3.33. The third kappa shape index (κ3) is 1.50. The van der Waals surface area contributed by atoms with Crippen LogP contribution in [0.1, 0.15) is 18.1 Å². The van der Waals surface area contributed by atoms with Gasteiger partial charge in [0.2, 0.25) is 0 Å². The molecule has 0 saturated heterocycles. The summed E-state index contributed by atoms with van der Waals surface area (Å²) in [6.45, 7) is 1.79. The zero-order chi connectivity index (χ0) is 10.1. The highest BCUT2D eigenvalue weighted by molar-refractivity contribution is 6.20. The van der Waals surface area contributed by atoms with Gasteiger partial charge in [-0.15, -0.1) is 11.6 Å². The van der Waals surface area contributed by atoms with Gasteiger partial charge in [0.1, 0.15) is 5.69 Å². The van der Waals surface area contributed by atoms with Crippen LogP contribution in [0.5, 0.6) is 0 Å². The molecule has 0 aromatic carbocycles. The first-order valence-corrected chi connectivity index (χ1v) is 4.56. The Kier molecular flexibility index (Phi) is 2.25. The number of halogens is 1. The van der Waals surface area contributed by atoms with Gasteiger partial charge in [0.15, 0.2) is 5.82 Å². The highest BCUT2D eigenvalue weighted by atomic mass is 35.5. The van der Waals surface area contributed by atoms with Gasteiger partial charge in [-0.3, -0.25) is 0 Å². The third-order valence-corrected chi connectivity index (χ3v) is 2.03. The molecule has 5 nitrogen and oxygen atoms in total. The first-order valence-electron chi connectivity index (χ1n) is 4.13. The lowest BCUT2D eigenvalue weighted by molar-refractivity contribution is 0.420. The molecule has 1 atom stereocenters. The van der Waals surface area contributed by atoms with Crippen molar-refractivity contribution in [2.24, 2.45) is 7.05 Å². The van der Waals surface area contributed by atoms with Crippen molar-refractivity contribution in [2.45, 2.75) is 12.3 Å². The van der Waals surface area contributed by atoms with E-state index < -0.39 is 0 Å². The van der Waals surface area contributed by atoms with Gasteiger partial charge >= 0.3 is 0 Å². The maximum absolute atomic E-state index is 5.81. The van der Waals surface area contributed by atoms with E-state index in [4.69, 9.17) is 16.1 Å². The van der Waals surface area contributed by atoms with Crippen molar-refractivity contribution in [1.29, 1.82) is 0 Å². The van der Waals surface area contributed by atoms with Crippen LogP contribution in [0.25, 0.3) is 11.6 Å². The molecule has 2 aromatic rings. The van der Waals surface area contributed by atoms with Gasteiger partial charge in [0, 0.05) is 7.05 Å². The zero-order valence-electron chi connectivity index (χ0n) is 7.81. The fourth-order valence-corrected chi connectivity index (χ4v) is 1.15. The number of alkyl halides is 1. The number of hydrogen-bond donors (Lipinski definition) is 0. The molecule has 74 valence electrons. The van der Waals surface area contributed by atoms with E-state index in [9.17, 15) is 0 Å². The molecule has 2 aromatic heterocycles. The van der Waals surface area contributed by atoms with Crippen molar-refractivity contribution >= 4 is 11.6 Å². The minimum absolute atomic E-state index is 0.249. The molecule has 1 unspecified atom stereocenters. The number of nitrogens with zero attached hydrogens (tertiary/aromatic N) is 4. The van der Waals surface area contributed by atoms with Gasteiger partial charge in [-0.1, -0.05) is 5.16 Å². The van der Waals surface area contributed by atoms with Crippen LogP contribution in [-0.2, 0) is 7.05 Å². The summed E-state index contributed by atoms with van der Waals surface area (Å²) in [5, 5.41) is 3.50. The number of aromatic nitrogens is 4. The topological polar surface area (TPSA) is 56.7 Å². The van der Waals surface area contributed by atoms with Gasteiger partial charge < -0.3 is 9.09 Å². The van der Waals surface area contributed by atoms with Crippen molar-refractivity contribution in [2.75, 3.05) is 0 Å². The van der Waals surface area contributed by atoms with Crippen molar-refractivity contribution < 1.29 is 4.52 Å². The Labute approximate surface area is 85.7 Å². The van der Waals surface area contributed by atoms with Crippen LogP contribution in [-0.4, -0.2) is 19.7 Å². The molecular weight excluding hydrogens is 204 g/mol. The predicted molar refractivity (Wildman–Crippen MR) is 50.8 cm³/mol. The van der Waals surface area contributed by atoms with Gasteiger partial charge in [-0.05, 0) is 6.92 Å². The summed E-state index contributed by atoms with van der Waals surface area (Å²) in [5.41, 5.74) is 0.779. The molecule has 14 heavy (non-hydrogen) atoms. The molecular formula is C8H9ClN4O. The fourth-order valence-electron chi connectivity index (χ4n) is 1.06. The van der Waals surface area contributed by atoms with Crippen molar-refractivity contribution in [3.05, 3.63) is 18.3 Å². The summed E-state index contributed by atoms with van der Waals surface area (Å²) < 4.78 is 6.85. The van der Waals surface area contributed by atoms with E-state index in [0.717, 1.165) is 5.69 Å². The maximum atomic E-state index is 5.81. The van der Waals surface area contributed by atoms with E-state index in [0.29, 0.717) is 11.7 Å². The lowest BCUT2D eigenvalue weighted by atomic mass is 10.4. The zero-order valence-corrected chi connectivity index (χ0v) is 8.56. The molecule has 2 heterocycles. The summed E-state index contributed by atoms with van der Waals surface area (Å²) >= 11 is 5.81. The maximum Gasteiger partial charge on any atom is 0.276 e. The summed E-state index contributed by atoms with van der Waals surface area (Å²) in [7, 11) is 1.86. The second-order valence-corrected chi connectivity index (χ2v) is 3.62. The summed E-state index contributed by atoms with van der Waals surface area (Å²) in [6, 6.07) is 0. The lowest BCUT2D eigenvalue weighted by Crippen LogP contribution is -1.90. The molecule has 0 aliphatic rings. The second kappa shape index (κ2) is 3.42. The first-order chi connectivity index (χ1) is 6.68. The number of hydrogen-bond acceptors (Lipinski definition) is 4. The predicted octanol–water partition coefficient (Wildman–Crippen LogP) is 1.77. The molecule has 0 saturated carbocycles. The van der Waals surface area contributed by atoms with Crippen LogP contribution in [0.15, 0.2) is 17.0 Å². The van der Waals surface area contributed by atoms with Crippen molar-refractivity contribution in [1.82, 2.24) is 19.7 Å². The van der Waals surface area contributed by atoms with Gasteiger partial charge in [-0.25, -0.2) is 4.98 Å². The molecule has 0 radical (unpaired) electrons. The quantitative estimate of drug-likeness (QED) is 0.712. The van der Waals surface area contributed by atoms with E-state index in [2.05, 4.69) is 15.1 Å². The SMILES string of the molecule is CC(Cl)c1noc(-c2cncn2C)n1. The Bertz CT molecular complexity index is 434. The van der Waals surface area contributed by atoms with E-state index in [1.807, 2.05) is 7.05 Å². The average molecular weight is 213 g/mol. The molecule has 0 N–H and O–H groups in total. The number of imidazole rings is 1. The monoisotopic (exact) mass is 212 g/mol. The molecule has 0 aliphatic heterocycles. The van der Waals surface area contributed by atoms with Crippen LogP contribution in [0.2, 0.25) is 0 Å². The minimum atomic E-state index is -0.249. The highest BCUT2D eigenvalue weighted by Gasteiger charge is 2.14. The molecule has 2 rings (SSSR count). The van der Waals surface area contributed by atoms with E-state index >= 15 is 0 Å². The Morgan fingerprint density at radius 2 is 2.36 bits per heavy atom. The first kappa shape index (κ1) is 9.21. The van der Waals surface area contributed by atoms with Gasteiger partial charge in [0.25, 0.3) is 5.89 Å². The standard InChI is InChI=1S/C8H9ClN4O/c1-5(9)7-11-8(14-12-7)6-3-10-4-13(6)2/h3-5H,1-2H3. The van der Waals surface area contributed by atoms with E-state index in [1.165, 1.54) is 0 Å². The van der Waals surface area contributed by atoms with E-state index in [-0.39, 0.29) is 5.38 Å². The number of aryl methyl sites for hydroxylation is 1. The molecule has 6 heteroatoms. The largest absolute Gasteiger partial charge is 0.332 e. The van der Waals surface area contributed by atoms with Crippen LogP contribution in [0.3, 0.4) is 0 Å². The van der Waals surface area contributed by atoms with Crippen LogP contribution < -0.4 is 0 Å². The van der Waals surface area contributed by atoms with Gasteiger partial charge in [-0.2, -0.15) is 4.98 Å². The Hall–Kier alpha value is -1.36. The van der Waals surface area contributed by atoms with Crippen LogP contribution in [0, 0.1) is 0 Å². The summed E-state index contributed by atoms with van der Waals surface area (Å²) in [5.74, 6) is 0.926. The van der Waals surface area contributed by atoms with Crippen molar-refractivity contribution in [3.8, 4) is 11.6 Å². The number of rotatable bonds is 2. The molecule has 0 spiro atoms. The Morgan fingerprint density at radius 1 is 1.57 bits per heavy atom. The minimum Gasteiger partial charge on any atom is -0.332 e. The Morgan fingerprint density at radius 3 is 2.86 bits per heavy atom. The molecule has 0 amide bonds. The van der Waals surface area contributed by atoms with Crippen LogP contribution in [0.4, 0.5) is 0 Å². The molecule has 0 aliphatic carbocycles. The fraction of sp³-hybridized carbons (Fsp3) is 0.375. The molecule has 0 fully saturated rings. The second-order valence-electron chi connectivity index (χ2n) is 2.96. The lowest BCUT2D eigenvalue weighted by Gasteiger charge is -1.93. The molecule has 0 bridgehead atoms. The highest BCUT2D eigenvalue weighted by Crippen LogP contribution is 2.20. The smallest absolute Gasteiger partial charge is 0.276 e. The third-order valence-electron chi connectivity index (χ3n) is 1.83. The normalized spacial score (nSPS) is 13.1. The summed E-state index contributed by atoms with van der Waals surface area (Å²) in [4.78, 5) is 8.10. The Balaban J connectivity index is 2.39. The van der Waals surface area contributed by atoms with E-state index in [1.54, 1.807) is 24.0 Å². The van der Waals surface area contributed by atoms with Crippen LogP contribution >= 0.6 is 11.6 Å². The average Bonchev–Trinajstić information content (AvgIpc) is 2.71.